The van der Waals surface area contributed by atoms with Crippen LogP contribution in [-0.4, -0.2) is 9.55 Å². The second kappa shape index (κ2) is 6.03. The zero-order valence-corrected chi connectivity index (χ0v) is 11.5. The van der Waals surface area contributed by atoms with Crippen LogP contribution in [0.3, 0.4) is 0 Å². The first kappa shape index (κ1) is 13.1. The Morgan fingerprint density at radius 1 is 1.33 bits per heavy atom. The minimum absolute atomic E-state index is 0.282. The summed E-state index contributed by atoms with van der Waals surface area (Å²) >= 11 is 5.88. The number of rotatable bonds is 5. The average molecular weight is 264 g/mol. The monoisotopic (exact) mass is 263 g/mol. The molecule has 0 aliphatic carbocycles. The molecule has 4 heteroatoms. The summed E-state index contributed by atoms with van der Waals surface area (Å²) in [5, 5.41) is 4.24. The molecule has 2 aromatic rings. The molecule has 1 N–H and O–H groups in total. The van der Waals surface area contributed by atoms with Gasteiger partial charge in [0.2, 0.25) is 0 Å². The van der Waals surface area contributed by atoms with Crippen LogP contribution in [0.15, 0.2) is 36.7 Å². The number of hydrogen-bond acceptors (Lipinski definition) is 2. The summed E-state index contributed by atoms with van der Waals surface area (Å²) in [6.45, 7) is 5.98. The SMILES string of the molecule is CCn1ccnc1CN[C@H](C)c1ccc(Cl)cc1. The summed E-state index contributed by atoms with van der Waals surface area (Å²) in [6.07, 6.45) is 3.84. The van der Waals surface area contributed by atoms with Crippen LogP contribution in [0.25, 0.3) is 0 Å². The molecule has 3 nitrogen and oxygen atoms in total. The number of benzene rings is 1. The van der Waals surface area contributed by atoms with Gasteiger partial charge in [-0.05, 0) is 31.5 Å². The molecule has 0 spiro atoms. The average Bonchev–Trinajstić information content (AvgIpc) is 2.84. The van der Waals surface area contributed by atoms with Crippen LogP contribution < -0.4 is 5.32 Å². The molecule has 0 amide bonds. The zero-order valence-electron chi connectivity index (χ0n) is 10.7. The van der Waals surface area contributed by atoms with Crippen molar-refractivity contribution in [3.8, 4) is 0 Å². The Hall–Kier alpha value is -1.32. The van der Waals surface area contributed by atoms with Crippen molar-refractivity contribution in [2.24, 2.45) is 0 Å². The maximum absolute atomic E-state index is 5.88. The third-order valence-corrected chi connectivity index (χ3v) is 3.33. The zero-order chi connectivity index (χ0) is 13.0. The third kappa shape index (κ3) is 3.12. The van der Waals surface area contributed by atoms with Crippen molar-refractivity contribution < 1.29 is 0 Å². The van der Waals surface area contributed by atoms with Crippen molar-refractivity contribution in [2.75, 3.05) is 0 Å². The molecule has 18 heavy (non-hydrogen) atoms. The lowest BCUT2D eigenvalue weighted by Gasteiger charge is -2.14. The molecule has 2 rings (SSSR count). The number of aryl methyl sites for hydroxylation is 1. The minimum Gasteiger partial charge on any atom is -0.334 e. The highest BCUT2D eigenvalue weighted by atomic mass is 35.5. The molecule has 96 valence electrons. The third-order valence-electron chi connectivity index (χ3n) is 3.08. The topological polar surface area (TPSA) is 29.9 Å². The van der Waals surface area contributed by atoms with Gasteiger partial charge in [-0.2, -0.15) is 0 Å². The van der Waals surface area contributed by atoms with E-state index in [4.69, 9.17) is 11.6 Å². The Labute approximate surface area is 113 Å². The predicted octanol–water partition coefficient (Wildman–Crippen LogP) is 3.41. The quantitative estimate of drug-likeness (QED) is 0.896. The summed E-state index contributed by atoms with van der Waals surface area (Å²) in [5.74, 6) is 1.07. The molecule has 0 fully saturated rings. The second-order valence-electron chi connectivity index (χ2n) is 4.28. The van der Waals surface area contributed by atoms with E-state index in [1.165, 1.54) is 5.56 Å². The molecule has 1 aromatic carbocycles. The van der Waals surface area contributed by atoms with Gasteiger partial charge in [0.15, 0.2) is 0 Å². The van der Waals surface area contributed by atoms with E-state index in [1.54, 1.807) is 0 Å². The highest BCUT2D eigenvalue weighted by Gasteiger charge is 2.07. The Kier molecular flexibility index (Phi) is 4.39. The minimum atomic E-state index is 0.282. The molecule has 1 heterocycles. The molecular formula is C14H18ClN3. The largest absolute Gasteiger partial charge is 0.334 e. The fourth-order valence-corrected chi connectivity index (χ4v) is 2.03. The lowest BCUT2D eigenvalue weighted by molar-refractivity contribution is 0.540. The van der Waals surface area contributed by atoms with Crippen molar-refractivity contribution in [3.05, 3.63) is 53.1 Å². The number of nitrogens with zero attached hydrogens (tertiary/aromatic N) is 2. The molecule has 0 radical (unpaired) electrons. The van der Waals surface area contributed by atoms with Crippen LogP contribution in [0.1, 0.15) is 31.3 Å². The molecule has 0 aliphatic heterocycles. The Morgan fingerprint density at radius 3 is 2.72 bits per heavy atom. The normalized spacial score (nSPS) is 12.6. The van der Waals surface area contributed by atoms with Gasteiger partial charge in [0.1, 0.15) is 5.82 Å². The van der Waals surface area contributed by atoms with Gasteiger partial charge in [-0.25, -0.2) is 4.98 Å². The number of halogens is 1. The van der Waals surface area contributed by atoms with E-state index in [2.05, 4.69) is 28.7 Å². The maximum Gasteiger partial charge on any atom is 0.122 e. The van der Waals surface area contributed by atoms with E-state index in [0.29, 0.717) is 0 Å². The predicted molar refractivity (Wildman–Crippen MR) is 74.6 cm³/mol. The molecule has 0 bridgehead atoms. The van der Waals surface area contributed by atoms with Crippen molar-refractivity contribution in [1.29, 1.82) is 0 Å². The van der Waals surface area contributed by atoms with Gasteiger partial charge in [0, 0.05) is 30.0 Å². The summed E-state index contributed by atoms with van der Waals surface area (Å²) in [4.78, 5) is 4.35. The standard InChI is InChI=1S/C14H18ClN3/c1-3-18-9-8-16-14(18)10-17-11(2)12-4-6-13(15)7-5-12/h4-9,11,17H,3,10H2,1-2H3/t11-/m1/s1. The summed E-state index contributed by atoms with van der Waals surface area (Å²) < 4.78 is 2.14. The number of imidazole rings is 1. The van der Waals surface area contributed by atoms with Crippen LogP contribution in [-0.2, 0) is 13.1 Å². The van der Waals surface area contributed by atoms with Crippen molar-refractivity contribution >= 4 is 11.6 Å². The lowest BCUT2D eigenvalue weighted by atomic mass is 10.1. The fourth-order valence-electron chi connectivity index (χ4n) is 1.91. The van der Waals surface area contributed by atoms with Gasteiger partial charge >= 0.3 is 0 Å². The van der Waals surface area contributed by atoms with E-state index >= 15 is 0 Å². The van der Waals surface area contributed by atoms with Crippen molar-refractivity contribution in [3.63, 3.8) is 0 Å². The second-order valence-corrected chi connectivity index (χ2v) is 4.72. The van der Waals surface area contributed by atoms with E-state index in [-0.39, 0.29) is 6.04 Å². The highest BCUT2D eigenvalue weighted by Crippen LogP contribution is 2.16. The van der Waals surface area contributed by atoms with Gasteiger partial charge < -0.3 is 9.88 Å². The Morgan fingerprint density at radius 2 is 2.06 bits per heavy atom. The summed E-state index contributed by atoms with van der Waals surface area (Å²) in [6, 6.07) is 8.21. The number of nitrogens with one attached hydrogen (secondary N) is 1. The molecular weight excluding hydrogens is 246 g/mol. The van der Waals surface area contributed by atoms with Gasteiger partial charge in [-0.1, -0.05) is 23.7 Å². The first-order valence-corrected chi connectivity index (χ1v) is 6.57. The van der Waals surface area contributed by atoms with Crippen LogP contribution in [0.4, 0.5) is 0 Å². The van der Waals surface area contributed by atoms with Crippen LogP contribution >= 0.6 is 11.6 Å². The van der Waals surface area contributed by atoms with E-state index in [9.17, 15) is 0 Å². The molecule has 1 atom stereocenters. The van der Waals surface area contributed by atoms with Gasteiger partial charge in [0.25, 0.3) is 0 Å². The smallest absolute Gasteiger partial charge is 0.122 e. The number of aromatic nitrogens is 2. The van der Waals surface area contributed by atoms with E-state index < -0.39 is 0 Å². The Balaban J connectivity index is 1.96. The number of hydrogen-bond donors (Lipinski definition) is 1. The molecule has 0 aliphatic rings. The van der Waals surface area contributed by atoms with Gasteiger partial charge in [0.05, 0.1) is 6.54 Å². The lowest BCUT2D eigenvalue weighted by Crippen LogP contribution is -2.20. The summed E-state index contributed by atoms with van der Waals surface area (Å²) in [5.41, 5.74) is 1.23. The van der Waals surface area contributed by atoms with Crippen LogP contribution in [0, 0.1) is 0 Å². The maximum atomic E-state index is 5.88. The molecule has 1 aromatic heterocycles. The molecule has 0 saturated carbocycles. The fraction of sp³-hybridized carbons (Fsp3) is 0.357. The Bertz CT molecular complexity index is 490. The van der Waals surface area contributed by atoms with Crippen LogP contribution in [0.2, 0.25) is 5.02 Å². The van der Waals surface area contributed by atoms with Crippen molar-refractivity contribution in [2.45, 2.75) is 33.0 Å². The van der Waals surface area contributed by atoms with Crippen LogP contribution in [0.5, 0.6) is 0 Å². The summed E-state index contributed by atoms with van der Waals surface area (Å²) in [7, 11) is 0. The van der Waals surface area contributed by atoms with Gasteiger partial charge in [-0.3, -0.25) is 0 Å². The first-order chi connectivity index (χ1) is 8.70. The molecule has 0 saturated heterocycles. The highest BCUT2D eigenvalue weighted by molar-refractivity contribution is 6.30. The van der Waals surface area contributed by atoms with Crippen molar-refractivity contribution in [1.82, 2.24) is 14.9 Å². The molecule has 0 unspecified atom stereocenters. The van der Waals surface area contributed by atoms with E-state index in [0.717, 1.165) is 23.9 Å². The van der Waals surface area contributed by atoms with Gasteiger partial charge in [-0.15, -0.1) is 0 Å². The van der Waals surface area contributed by atoms with E-state index in [1.807, 2.05) is 36.7 Å². The first-order valence-electron chi connectivity index (χ1n) is 6.19.